The van der Waals surface area contributed by atoms with Crippen LogP contribution in [0.25, 0.3) is 0 Å². The lowest BCUT2D eigenvalue weighted by molar-refractivity contribution is -0.111. The molecule has 20 heavy (non-hydrogen) atoms. The molecule has 0 radical (unpaired) electrons. The molecule has 1 unspecified atom stereocenters. The molecule has 106 valence electrons. The second-order valence-corrected chi connectivity index (χ2v) is 4.69. The number of benzene rings is 1. The van der Waals surface area contributed by atoms with Gasteiger partial charge in [-0.25, -0.2) is 4.79 Å². The highest BCUT2D eigenvalue weighted by molar-refractivity contribution is 5.89. The standard InChI is InChI=1S/C16H19NO3/c1-20-16(19)15-8-6-13(7-9-15)11-14(12-18)5-3-2-4-10-17/h6-9,12,14H,2-5,11H2,1H3. The number of esters is 1. The van der Waals surface area contributed by atoms with Crippen molar-refractivity contribution in [2.75, 3.05) is 7.11 Å². The van der Waals surface area contributed by atoms with Crippen LogP contribution in [0.2, 0.25) is 0 Å². The van der Waals surface area contributed by atoms with E-state index in [4.69, 9.17) is 5.26 Å². The highest BCUT2D eigenvalue weighted by atomic mass is 16.5. The molecule has 0 amide bonds. The number of rotatable bonds is 8. The van der Waals surface area contributed by atoms with E-state index in [2.05, 4.69) is 10.8 Å². The summed E-state index contributed by atoms with van der Waals surface area (Å²) in [4.78, 5) is 22.4. The Morgan fingerprint density at radius 3 is 2.60 bits per heavy atom. The molecule has 0 N–H and O–H groups in total. The van der Waals surface area contributed by atoms with Crippen molar-refractivity contribution >= 4 is 12.3 Å². The minimum Gasteiger partial charge on any atom is -0.465 e. The lowest BCUT2D eigenvalue weighted by Gasteiger charge is -2.10. The summed E-state index contributed by atoms with van der Waals surface area (Å²) >= 11 is 0. The summed E-state index contributed by atoms with van der Waals surface area (Å²) in [5, 5.41) is 8.46. The molecule has 0 bridgehead atoms. The Balaban J connectivity index is 2.51. The Bertz CT molecular complexity index is 473. The van der Waals surface area contributed by atoms with Crippen LogP contribution in [0.1, 0.15) is 41.6 Å². The zero-order chi connectivity index (χ0) is 14.8. The van der Waals surface area contributed by atoms with Gasteiger partial charge in [0.05, 0.1) is 18.7 Å². The minimum atomic E-state index is -0.361. The molecule has 0 aliphatic rings. The van der Waals surface area contributed by atoms with Gasteiger partial charge in [0, 0.05) is 12.3 Å². The molecule has 1 rings (SSSR count). The first-order chi connectivity index (χ1) is 9.71. The van der Waals surface area contributed by atoms with E-state index in [1.165, 1.54) is 7.11 Å². The quantitative estimate of drug-likeness (QED) is 0.415. The Hall–Kier alpha value is -2.15. The molecule has 0 aliphatic heterocycles. The number of hydrogen-bond donors (Lipinski definition) is 0. The van der Waals surface area contributed by atoms with Crippen molar-refractivity contribution in [2.24, 2.45) is 5.92 Å². The summed E-state index contributed by atoms with van der Waals surface area (Å²) in [5.74, 6) is -0.391. The molecule has 1 aromatic rings. The topological polar surface area (TPSA) is 67.2 Å². The third-order valence-electron chi connectivity index (χ3n) is 3.18. The number of unbranched alkanes of at least 4 members (excludes halogenated alkanes) is 2. The van der Waals surface area contributed by atoms with Crippen LogP contribution < -0.4 is 0 Å². The van der Waals surface area contributed by atoms with E-state index in [-0.39, 0.29) is 11.9 Å². The molecular weight excluding hydrogens is 254 g/mol. The van der Waals surface area contributed by atoms with E-state index >= 15 is 0 Å². The van der Waals surface area contributed by atoms with Gasteiger partial charge in [0.15, 0.2) is 0 Å². The van der Waals surface area contributed by atoms with Crippen LogP contribution in [0.4, 0.5) is 0 Å². The van der Waals surface area contributed by atoms with Gasteiger partial charge in [0.1, 0.15) is 6.29 Å². The number of aldehydes is 1. The van der Waals surface area contributed by atoms with E-state index in [1.54, 1.807) is 12.1 Å². The first-order valence-electron chi connectivity index (χ1n) is 6.70. The number of carbonyl (C=O) groups is 2. The van der Waals surface area contributed by atoms with Gasteiger partial charge in [-0.3, -0.25) is 0 Å². The molecule has 0 fully saturated rings. The van der Waals surface area contributed by atoms with Crippen molar-refractivity contribution in [3.63, 3.8) is 0 Å². The van der Waals surface area contributed by atoms with Crippen LogP contribution in [0, 0.1) is 17.2 Å². The molecule has 0 aromatic heterocycles. The highest BCUT2D eigenvalue weighted by Crippen LogP contribution is 2.15. The zero-order valence-electron chi connectivity index (χ0n) is 11.7. The second kappa shape index (κ2) is 8.87. The molecule has 4 heteroatoms. The van der Waals surface area contributed by atoms with Crippen LogP contribution in [0.3, 0.4) is 0 Å². The second-order valence-electron chi connectivity index (χ2n) is 4.69. The molecule has 0 saturated heterocycles. The van der Waals surface area contributed by atoms with E-state index in [1.807, 2.05) is 12.1 Å². The van der Waals surface area contributed by atoms with Gasteiger partial charge in [-0.05, 0) is 37.0 Å². The van der Waals surface area contributed by atoms with Gasteiger partial charge < -0.3 is 9.53 Å². The van der Waals surface area contributed by atoms with Crippen LogP contribution in [-0.4, -0.2) is 19.4 Å². The van der Waals surface area contributed by atoms with E-state index < -0.39 is 0 Å². The summed E-state index contributed by atoms with van der Waals surface area (Å²) in [7, 11) is 1.35. The maximum atomic E-state index is 11.3. The van der Waals surface area contributed by atoms with Crippen LogP contribution in [-0.2, 0) is 16.0 Å². The average molecular weight is 273 g/mol. The van der Waals surface area contributed by atoms with Crippen molar-refractivity contribution in [3.8, 4) is 6.07 Å². The van der Waals surface area contributed by atoms with Crippen molar-refractivity contribution in [1.82, 2.24) is 0 Å². The maximum Gasteiger partial charge on any atom is 0.337 e. The number of nitrogens with zero attached hydrogens (tertiary/aromatic N) is 1. The third kappa shape index (κ3) is 5.23. The van der Waals surface area contributed by atoms with Crippen molar-refractivity contribution in [1.29, 1.82) is 5.26 Å². The molecule has 1 aromatic carbocycles. The predicted molar refractivity (Wildman–Crippen MR) is 75.1 cm³/mol. The van der Waals surface area contributed by atoms with Crippen molar-refractivity contribution in [2.45, 2.75) is 32.1 Å². The predicted octanol–water partition coefficient (Wildman–Crippen LogP) is 2.91. The number of ether oxygens (including phenoxy) is 1. The molecule has 1 atom stereocenters. The fourth-order valence-corrected chi connectivity index (χ4v) is 2.03. The van der Waals surface area contributed by atoms with Gasteiger partial charge in [0.25, 0.3) is 0 Å². The fourth-order valence-electron chi connectivity index (χ4n) is 2.03. The van der Waals surface area contributed by atoms with Crippen molar-refractivity contribution in [3.05, 3.63) is 35.4 Å². The number of methoxy groups -OCH3 is 1. The lowest BCUT2D eigenvalue weighted by Crippen LogP contribution is -2.07. The van der Waals surface area contributed by atoms with Crippen LogP contribution >= 0.6 is 0 Å². The first-order valence-corrected chi connectivity index (χ1v) is 6.70. The smallest absolute Gasteiger partial charge is 0.337 e. The van der Waals surface area contributed by atoms with Gasteiger partial charge in [-0.1, -0.05) is 18.6 Å². The lowest BCUT2D eigenvalue weighted by atomic mass is 9.94. The Morgan fingerprint density at radius 2 is 2.05 bits per heavy atom. The van der Waals surface area contributed by atoms with E-state index in [0.717, 1.165) is 31.1 Å². The summed E-state index contributed by atoms with van der Waals surface area (Å²) < 4.78 is 4.63. The number of carbonyl (C=O) groups excluding carboxylic acids is 2. The summed E-state index contributed by atoms with van der Waals surface area (Å²) in [6.07, 6.45) is 4.70. The van der Waals surface area contributed by atoms with Crippen molar-refractivity contribution < 1.29 is 14.3 Å². The van der Waals surface area contributed by atoms with E-state index in [0.29, 0.717) is 18.4 Å². The highest BCUT2D eigenvalue weighted by Gasteiger charge is 2.10. The molecule has 4 nitrogen and oxygen atoms in total. The Kier molecular flexibility index (Phi) is 7.05. The van der Waals surface area contributed by atoms with Gasteiger partial charge in [0.2, 0.25) is 0 Å². The minimum absolute atomic E-state index is 0.0299. The summed E-state index contributed by atoms with van der Waals surface area (Å²) in [6, 6.07) is 9.20. The number of nitriles is 1. The van der Waals surface area contributed by atoms with Gasteiger partial charge in [-0.15, -0.1) is 0 Å². The first kappa shape index (κ1) is 15.9. The molecular formula is C16H19NO3. The normalized spacial score (nSPS) is 11.4. The molecule has 0 saturated carbocycles. The monoisotopic (exact) mass is 273 g/mol. The van der Waals surface area contributed by atoms with Gasteiger partial charge in [-0.2, -0.15) is 5.26 Å². The maximum absolute atomic E-state index is 11.3. The average Bonchev–Trinajstić information content (AvgIpc) is 2.50. The molecule has 0 aliphatic carbocycles. The SMILES string of the molecule is COC(=O)c1ccc(CC(C=O)CCCCC#N)cc1. The Labute approximate surface area is 119 Å². The third-order valence-corrected chi connectivity index (χ3v) is 3.18. The van der Waals surface area contributed by atoms with Crippen LogP contribution in [0.15, 0.2) is 24.3 Å². The summed E-state index contributed by atoms with van der Waals surface area (Å²) in [6.45, 7) is 0. The van der Waals surface area contributed by atoms with E-state index in [9.17, 15) is 9.59 Å². The molecule has 0 spiro atoms. The van der Waals surface area contributed by atoms with Crippen LogP contribution in [0.5, 0.6) is 0 Å². The fraction of sp³-hybridized carbons (Fsp3) is 0.438. The number of hydrogen-bond acceptors (Lipinski definition) is 4. The zero-order valence-corrected chi connectivity index (χ0v) is 11.7. The van der Waals surface area contributed by atoms with Gasteiger partial charge >= 0.3 is 5.97 Å². The Morgan fingerprint density at radius 1 is 1.35 bits per heavy atom. The molecule has 0 heterocycles. The largest absolute Gasteiger partial charge is 0.465 e. The summed E-state index contributed by atoms with van der Waals surface area (Å²) in [5.41, 5.74) is 1.53.